The smallest absolute Gasteiger partial charge is 0.483 e. The molecule has 0 heterocycles. The third kappa shape index (κ3) is 7.49. The average Bonchev–Trinajstić information content (AvgIpc) is 2.55. The molecule has 0 amide bonds. The zero-order valence-electron chi connectivity index (χ0n) is 17.7. The van der Waals surface area contributed by atoms with Crippen LogP contribution < -0.4 is 0 Å². The van der Waals surface area contributed by atoms with Gasteiger partial charge in [-0.3, -0.25) is 0 Å². The predicted molar refractivity (Wildman–Crippen MR) is 120 cm³/mol. The van der Waals surface area contributed by atoms with Gasteiger partial charge in [0, 0.05) is 7.11 Å². The maximum Gasteiger partial charge on any atom is 0.483 e. The van der Waals surface area contributed by atoms with Gasteiger partial charge in [-0.15, -0.1) is 5.70 Å². The largest absolute Gasteiger partial charge is 0.542 e. The lowest BCUT2D eigenvalue weighted by molar-refractivity contribution is 0.415. The van der Waals surface area contributed by atoms with Crippen LogP contribution in [0.15, 0.2) is 11.4 Å². The SMILES string of the molecule is CO[Si](C)(C)/C=C/[Si](C)(C)C.O=[Si](O)[Si]([Si](=O)O)([Si](=O)O)[Si]([Si](=O)O)([Si](=O)O)[Si](=O)O. The Hall–Kier alpha value is -0.531. The van der Waals surface area contributed by atoms with Gasteiger partial charge in [0.1, 0.15) is 0 Å². The summed E-state index contributed by atoms with van der Waals surface area (Å²) in [6, 6.07) is 0. The molecule has 0 bridgehead atoms. The third-order valence-electron chi connectivity index (χ3n) is 4.00. The minimum absolute atomic E-state index is 1.01. The number of hydrogen-bond donors (Lipinski definition) is 6. The van der Waals surface area contributed by atoms with Crippen molar-refractivity contribution in [3.05, 3.63) is 11.4 Å². The van der Waals surface area contributed by atoms with E-state index in [2.05, 4.69) is 44.1 Å². The minimum Gasteiger partial charge on any atom is -0.542 e. The summed E-state index contributed by atoms with van der Waals surface area (Å²) >= 11 is 0. The van der Waals surface area contributed by atoms with E-state index in [1.54, 1.807) is 7.11 Å². The predicted octanol–water partition coefficient (Wildman–Crippen LogP) is -4.29. The number of rotatable bonds is 10. The standard InChI is InChI=1S/C8H20OSi2.H6O12Si8/c1-9-11(5,6)8-7-10(2,3)4;1-13(2)19(14(3)4,15(5)6)20(16(7)8,17(9)10)18(11)12/h7-8H,1-6H3;1,3,5,7,9,11H/b8-7+;. The van der Waals surface area contributed by atoms with Crippen molar-refractivity contribution in [3.8, 4) is 0 Å². The molecule has 13 nitrogen and oxygen atoms in total. The highest BCUT2D eigenvalue weighted by Crippen LogP contribution is 2.18. The molecule has 0 saturated carbocycles. The maximum absolute atomic E-state index is 11.4. The lowest BCUT2D eigenvalue weighted by Crippen LogP contribution is -2.91. The minimum atomic E-state index is -5.60. The Balaban J connectivity index is 0. The molecule has 0 rings (SSSR count). The van der Waals surface area contributed by atoms with E-state index in [0.717, 1.165) is 0 Å². The zero-order valence-corrected chi connectivity index (χ0v) is 27.7. The van der Waals surface area contributed by atoms with E-state index in [1.807, 2.05) is 0 Å². The molecule has 0 aromatic rings. The Morgan fingerprint density at radius 1 is 0.548 bits per heavy atom. The zero-order chi connectivity index (χ0) is 25.6. The Kier molecular flexibility index (Phi) is 12.7. The van der Waals surface area contributed by atoms with Crippen molar-refractivity contribution in [3.63, 3.8) is 0 Å². The van der Waals surface area contributed by atoms with Crippen molar-refractivity contribution in [2.24, 2.45) is 0 Å². The van der Waals surface area contributed by atoms with Gasteiger partial charge in [-0.2, -0.15) is 0 Å². The Morgan fingerprint density at radius 3 is 0.903 bits per heavy atom. The normalized spacial score (nSPS) is 12.5. The van der Waals surface area contributed by atoms with Gasteiger partial charge in [-0.05, 0) is 13.1 Å². The summed E-state index contributed by atoms with van der Waals surface area (Å²) in [5.74, 6) is 0. The molecular formula is C8H26O13Si10. The van der Waals surface area contributed by atoms with Crippen molar-refractivity contribution in [1.82, 2.24) is 0 Å². The van der Waals surface area contributed by atoms with Gasteiger partial charge in [0.05, 0.1) is 8.07 Å². The van der Waals surface area contributed by atoms with Gasteiger partial charge in [-0.1, -0.05) is 25.3 Å². The molecule has 0 aromatic carbocycles. The molecule has 0 fully saturated rings. The lowest BCUT2D eigenvalue weighted by atomic mass is 11.2. The molecule has 31 heavy (non-hydrogen) atoms. The van der Waals surface area contributed by atoms with Crippen LogP contribution in [0.1, 0.15) is 0 Å². The summed E-state index contributed by atoms with van der Waals surface area (Å²) in [5.41, 5.74) is 4.68. The van der Waals surface area contributed by atoms with Gasteiger partial charge in [0.15, 0.2) is 0 Å². The quantitative estimate of drug-likeness (QED) is 0.129. The molecule has 0 aromatic heterocycles. The van der Waals surface area contributed by atoms with E-state index in [4.69, 9.17) is 33.2 Å². The fraction of sp³-hybridized carbons (Fsp3) is 0.750. The highest BCUT2D eigenvalue weighted by molar-refractivity contribution is 8.14. The van der Waals surface area contributed by atoms with E-state index in [1.165, 1.54) is 0 Å². The number of hydrogen-bond acceptors (Lipinski definition) is 7. The van der Waals surface area contributed by atoms with E-state index in [0.29, 0.717) is 0 Å². The molecule has 0 radical (unpaired) electrons. The summed E-state index contributed by atoms with van der Waals surface area (Å²) in [5, 5.41) is 0. The highest BCUT2D eigenvalue weighted by atomic mass is 30.4. The molecule has 0 atom stereocenters. The average molecular weight is 611 g/mol. The molecule has 6 N–H and O–H groups in total. The first kappa shape index (κ1) is 32.6. The second kappa shape index (κ2) is 12.1. The summed E-state index contributed by atoms with van der Waals surface area (Å²) < 4.78 is 73.7. The highest BCUT2D eigenvalue weighted by Gasteiger charge is 2.91. The first-order valence-electron chi connectivity index (χ1n) is 8.34. The van der Waals surface area contributed by atoms with Crippen molar-refractivity contribution in [1.29, 1.82) is 0 Å². The Morgan fingerprint density at radius 2 is 0.774 bits per heavy atom. The van der Waals surface area contributed by atoms with Crippen molar-refractivity contribution >= 4 is 79.3 Å². The van der Waals surface area contributed by atoms with Crippen molar-refractivity contribution < 1.29 is 60.0 Å². The van der Waals surface area contributed by atoms with Crippen LogP contribution in [0.3, 0.4) is 0 Å². The van der Waals surface area contributed by atoms with Crippen molar-refractivity contribution in [2.75, 3.05) is 7.11 Å². The van der Waals surface area contributed by atoms with Crippen LogP contribution in [0.4, 0.5) is 0 Å². The molecule has 0 unspecified atom stereocenters. The molecule has 0 saturated heterocycles. The van der Waals surface area contributed by atoms with E-state index < -0.39 is 79.3 Å². The first-order valence-corrected chi connectivity index (χ1v) is 34.0. The van der Waals surface area contributed by atoms with Crippen LogP contribution in [0, 0.1) is 0 Å². The van der Waals surface area contributed by atoms with Gasteiger partial charge in [-0.25, -0.2) is 0 Å². The molecule has 0 aliphatic carbocycles. The maximum atomic E-state index is 11.4. The van der Waals surface area contributed by atoms with Crippen LogP contribution in [-0.2, 0) is 31.2 Å². The first-order chi connectivity index (χ1) is 13.7. The Labute approximate surface area is 190 Å². The van der Waals surface area contributed by atoms with Crippen LogP contribution in [-0.4, -0.2) is 115 Å². The molecule has 0 spiro atoms. The van der Waals surface area contributed by atoms with E-state index >= 15 is 0 Å². The third-order valence-corrected chi connectivity index (χ3v) is 103. The monoisotopic (exact) mass is 610 g/mol. The molecule has 23 heteroatoms. The van der Waals surface area contributed by atoms with Crippen LogP contribution in [0.25, 0.3) is 0 Å². The fourth-order valence-electron chi connectivity index (χ4n) is 2.03. The molecule has 0 aliphatic heterocycles. The topological polar surface area (TPSA) is 233 Å². The summed E-state index contributed by atoms with van der Waals surface area (Å²) in [6.07, 6.45) is -11.2. The van der Waals surface area contributed by atoms with E-state index in [-0.39, 0.29) is 0 Å². The summed E-state index contributed by atoms with van der Waals surface area (Å²) in [6.45, 7) is 11.4. The summed E-state index contributed by atoms with van der Waals surface area (Å²) in [4.78, 5) is 54.9. The van der Waals surface area contributed by atoms with E-state index in [9.17, 15) is 26.8 Å². The van der Waals surface area contributed by atoms with Gasteiger partial charge < -0.3 is 60.0 Å². The second-order valence-electron chi connectivity index (χ2n) is 7.84. The molecule has 0 aliphatic rings. The molecular weight excluding hydrogens is 585 g/mol. The van der Waals surface area contributed by atoms with Gasteiger partial charge in [0.25, 0.3) is 0 Å². The molecule has 176 valence electrons. The van der Waals surface area contributed by atoms with Crippen LogP contribution in [0.2, 0.25) is 32.7 Å². The van der Waals surface area contributed by atoms with Gasteiger partial charge in [0.2, 0.25) is 8.32 Å². The fourth-order valence-corrected chi connectivity index (χ4v) is 97.0. The lowest BCUT2D eigenvalue weighted by Gasteiger charge is -2.23. The second-order valence-corrected chi connectivity index (χ2v) is 67.2. The van der Waals surface area contributed by atoms with Crippen LogP contribution in [0.5, 0.6) is 0 Å². The summed E-state index contributed by atoms with van der Waals surface area (Å²) in [7, 11) is -27.7. The van der Waals surface area contributed by atoms with Crippen LogP contribution >= 0.6 is 0 Å². The van der Waals surface area contributed by atoms with Crippen molar-refractivity contribution in [2.45, 2.75) is 32.7 Å². The Bertz CT molecular complexity index is 681. The van der Waals surface area contributed by atoms with Gasteiger partial charge >= 0.3 is 63.0 Å².